The summed E-state index contributed by atoms with van der Waals surface area (Å²) in [5.74, 6) is -0.252. The first-order valence-electron chi connectivity index (χ1n) is 6.50. The van der Waals surface area contributed by atoms with E-state index in [0.29, 0.717) is 5.69 Å². The fourth-order valence-corrected chi connectivity index (χ4v) is 2.13. The second-order valence-corrected chi connectivity index (χ2v) is 4.55. The van der Waals surface area contributed by atoms with Crippen molar-refractivity contribution in [3.63, 3.8) is 0 Å². The molecule has 0 aromatic heterocycles. The SMILES string of the molecule is Fc1ccccc1Nc1cccc(-c2ccccc2)c1. The Morgan fingerprint density at radius 3 is 2.15 bits per heavy atom. The number of para-hydroxylation sites is 1. The van der Waals surface area contributed by atoms with Crippen molar-refractivity contribution in [1.29, 1.82) is 0 Å². The second kappa shape index (κ2) is 5.57. The molecule has 3 aromatic carbocycles. The highest BCUT2D eigenvalue weighted by Gasteiger charge is 2.02. The van der Waals surface area contributed by atoms with Crippen molar-refractivity contribution in [2.24, 2.45) is 0 Å². The van der Waals surface area contributed by atoms with Crippen LogP contribution in [0.4, 0.5) is 15.8 Å². The van der Waals surface area contributed by atoms with E-state index >= 15 is 0 Å². The molecule has 20 heavy (non-hydrogen) atoms. The van der Waals surface area contributed by atoms with Crippen molar-refractivity contribution in [2.45, 2.75) is 0 Å². The summed E-state index contributed by atoms with van der Waals surface area (Å²) < 4.78 is 13.6. The highest BCUT2D eigenvalue weighted by atomic mass is 19.1. The van der Waals surface area contributed by atoms with Crippen LogP contribution < -0.4 is 5.32 Å². The van der Waals surface area contributed by atoms with Crippen LogP contribution in [0, 0.1) is 5.82 Å². The summed E-state index contributed by atoms with van der Waals surface area (Å²) in [6, 6.07) is 24.7. The first kappa shape index (κ1) is 12.4. The molecule has 0 saturated carbocycles. The zero-order valence-electron chi connectivity index (χ0n) is 10.9. The molecule has 0 fully saturated rings. The van der Waals surface area contributed by atoms with E-state index in [4.69, 9.17) is 0 Å². The molecule has 0 atom stereocenters. The third kappa shape index (κ3) is 2.69. The van der Waals surface area contributed by atoms with Gasteiger partial charge in [-0.1, -0.05) is 54.6 Å². The summed E-state index contributed by atoms with van der Waals surface area (Å²) in [4.78, 5) is 0. The van der Waals surface area contributed by atoms with Crippen molar-refractivity contribution in [2.75, 3.05) is 5.32 Å². The van der Waals surface area contributed by atoms with E-state index in [-0.39, 0.29) is 5.82 Å². The molecular weight excluding hydrogens is 249 g/mol. The Morgan fingerprint density at radius 1 is 0.650 bits per heavy atom. The van der Waals surface area contributed by atoms with Crippen LogP contribution >= 0.6 is 0 Å². The number of anilines is 2. The van der Waals surface area contributed by atoms with Crippen LogP contribution in [0.1, 0.15) is 0 Å². The van der Waals surface area contributed by atoms with Crippen LogP contribution in [-0.4, -0.2) is 0 Å². The van der Waals surface area contributed by atoms with Gasteiger partial charge in [0.1, 0.15) is 5.82 Å². The molecule has 0 aliphatic heterocycles. The summed E-state index contributed by atoms with van der Waals surface area (Å²) in [5.41, 5.74) is 3.60. The number of rotatable bonds is 3. The van der Waals surface area contributed by atoms with Crippen LogP contribution in [-0.2, 0) is 0 Å². The molecule has 3 rings (SSSR count). The highest BCUT2D eigenvalue weighted by molar-refractivity contribution is 5.70. The van der Waals surface area contributed by atoms with Gasteiger partial charge in [-0.3, -0.25) is 0 Å². The first-order chi connectivity index (χ1) is 9.83. The van der Waals surface area contributed by atoms with Crippen molar-refractivity contribution < 1.29 is 4.39 Å². The molecule has 0 aliphatic rings. The number of benzene rings is 3. The molecule has 0 aliphatic carbocycles. The number of halogens is 1. The van der Waals surface area contributed by atoms with E-state index < -0.39 is 0 Å². The van der Waals surface area contributed by atoms with Gasteiger partial charge in [0.05, 0.1) is 5.69 Å². The van der Waals surface area contributed by atoms with Gasteiger partial charge in [0.15, 0.2) is 0 Å². The van der Waals surface area contributed by atoms with Crippen molar-refractivity contribution in [3.8, 4) is 11.1 Å². The van der Waals surface area contributed by atoms with E-state index in [1.54, 1.807) is 12.1 Å². The van der Waals surface area contributed by atoms with Crippen LogP contribution in [0.25, 0.3) is 11.1 Å². The Labute approximate surface area is 117 Å². The lowest BCUT2D eigenvalue weighted by atomic mass is 10.1. The van der Waals surface area contributed by atoms with Gasteiger partial charge in [-0.25, -0.2) is 4.39 Å². The first-order valence-corrected chi connectivity index (χ1v) is 6.50. The quantitative estimate of drug-likeness (QED) is 0.681. The second-order valence-electron chi connectivity index (χ2n) is 4.55. The largest absolute Gasteiger partial charge is 0.353 e. The zero-order chi connectivity index (χ0) is 13.8. The molecule has 0 bridgehead atoms. The minimum atomic E-state index is -0.252. The molecule has 0 spiro atoms. The minimum Gasteiger partial charge on any atom is -0.353 e. The summed E-state index contributed by atoms with van der Waals surface area (Å²) in [6.45, 7) is 0. The predicted molar refractivity (Wildman–Crippen MR) is 81.6 cm³/mol. The maximum atomic E-state index is 13.6. The lowest BCUT2D eigenvalue weighted by molar-refractivity contribution is 0.632. The maximum absolute atomic E-state index is 13.6. The molecule has 0 unspecified atom stereocenters. The Bertz CT molecular complexity index is 707. The maximum Gasteiger partial charge on any atom is 0.146 e. The normalized spacial score (nSPS) is 10.2. The van der Waals surface area contributed by atoms with Crippen LogP contribution in [0.15, 0.2) is 78.9 Å². The van der Waals surface area contributed by atoms with Crippen LogP contribution in [0.3, 0.4) is 0 Å². The van der Waals surface area contributed by atoms with Gasteiger partial charge in [-0.15, -0.1) is 0 Å². The Morgan fingerprint density at radius 2 is 1.35 bits per heavy atom. The topological polar surface area (TPSA) is 12.0 Å². The fourth-order valence-electron chi connectivity index (χ4n) is 2.13. The van der Waals surface area contributed by atoms with E-state index in [9.17, 15) is 4.39 Å². The van der Waals surface area contributed by atoms with Crippen molar-refractivity contribution in [1.82, 2.24) is 0 Å². The molecule has 1 nitrogen and oxygen atoms in total. The van der Waals surface area contributed by atoms with Gasteiger partial charge in [-0.05, 0) is 35.4 Å². The molecule has 0 saturated heterocycles. The number of hydrogen-bond acceptors (Lipinski definition) is 1. The number of nitrogens with one attached hydrogen (secondary N) is 1. The van der Waals surface area contributed by atoms with Gasteiger partial charge in [0.2, 0.25) is 0 Å². The smallest absolute Gasteiger partial charge is 0.146 e. The molecular formula is C18H14FN. The predicted octanol–water partition coefficient (Wildman–Crippen LogP) is 5.24. The Balaban J connectivity index is 1.91. The van der Waals surface area contributed by atoms with Crippen LogP contribution in [0.2, 0.25) is 0 Å². The van der Waals surface area contributed by atoms with Gasteiger partial charge in [0, 0.05) is 5.69 Å². The van der Waals surface area contributed by atoms with Crippen LogP contribution in [0.5, 0.6) is 0 Å². The third-order valence-electron chi connectivity index (χ3n) is 3.12. The van der Waals surface area contributed by atoms with Crippen molar-refractivity contribution >= 4 is 11.4 Å². The minimum absolute atomic E-state index is 0.252. The molecule has 1 N–H and O–H groups in total. The number of hydrogen-bond donors (Lipinski definition) is 1. The fraction of sp³-hybridized carbons (Fsp3) is 0. The van der Waals surface area contributed by atoms with Crippen molar-refractivity contribution in [3.05, 3.63) is 84.7 Å². The summed E-state index contributed by atoms with van der Waals surface area (Å²) in [5, 5.41) is 3.11. The monoisotopic (exact) mass is 263 g/mol. The van der Waals surface area contributed by atoms with E-state index in [1.165, 1.54) is 6.07 Å². The molecule has 2 heteroatoms. The van der Waals surface area contributed by atoms with Gasteiger partial charge >= 0.3 is 0 Å². The van der Waals surface area contributed by atoms with E-state index in [1.807, 2.05) is 48.5 Å². The Kier molecular flexibility index (Phi) is 3.46. The van der Waals surface area contributed by atoms with Gasteiger partial charge in [0.25, 0.3) is 0 Å². The summed E-state index contributed by atoms with van der Waals surface area (Å²) in [6.07, 6.45) is 0. The molecule has 0 radical (unpaired) electrons. The molecule has 3 aromatic rings. The third-order valence-corrected chi connectivity index (χ3v) is 3.12. The summed E-state index contributed by atoms with van der Waals surface area (Å²) in [7, 11) is 0. The highest BCUT2D eigenvalue weighted by Crippen LogP contribution is 2.25. The average Bonchev–Trinajstić information content (AvgIpc) is 2.51. The molecule has 0 amide bonds. The zero-order valence-corrected chi connectivity index (χ0v) is 10.9. The van der Waals surface area contributed by atoms with E-state index in [2.05, 4.69) is 17.4 Å². The van der Waals surface area contributed by atoms with Gasteiger partial charge < -0.3 is 5.32 Å². The summed E-state index contributed by atoms with van der Waals surface area (Å²) >= 11 is 0. The lowest BCUT2D eigenvalue weighted by Crippen LogP contribution is -1.93. The average molecular weight is 263 g/mol. The van der Waals surface area contributed by atoms with E-state index in [0.717, 1.165) is 16.8 Å². The molecule has 98 valence electrons. The Hall–Kier alpha value is -2.61. The standard InChI is InChI=1S/C18H14FN/c19-17-11-4-5-12-18(17)20-16-10-6-9-15(13-16)14-7-2-1-3-8-14/h1-13,20H. The van der Waals surface area contributed by atoms with Gasteiger partial charge in [-0.2, -0.15) is 0 Å². The lowest BCUT2D eigenvalue weighted by Gasteiger charge is -2.09. The molecule has 0 heterocycles.